The van der Waals surface area contributed by atoms with Gasteiger partial charge in [-0.05, 0) is 12.8 Å². The Balaban J connectivity index is 3.24. The standard InChI is InChI=1S/C9H21NOS/c1-4-9(10)7-12-8(2)5-6-11-3/h8-9H,4-7,10H2,1-3H3. The summed E-state index contributed by atoms with van der Waals surface area (Å²) in [5, 5.41) is 0.669. The zero-order valence-electron chi connectivity index (χ0n) is 8.38. The molecule has 2 N–H and O–H groups in total. The fraction of sp³-hybridized carbons (Fsp3) is 1.00. The van der Waals surface area contributed by atoms with Gasteiger partial charge in [0.25, 0.3) is 0 Å². The molecule has 0 saturated carbocycles. The molecule has 2 atom stereocenters. The van der Waals surface area contributed by atoms with Crippen molar-refractivity contribution in [3.8, 4) is 0 Å². The molecule has 0 aromatic heterocycles. The number of ether oxygens (including phenoxy) is 1. The molecule has 0 amide bonds. The maximum Gasteiger partial charge on any atom is 0.0472 e. The highest BCUT2D eigenvalue weighted by Crippen LogP contribution is 2.15. The summed E-state index contributed by atoms with van der Waals surface area (Å²) in [4.78, 5) is 0. The van der Waals surface area contributed by atoms with Crippen LogP contribution in [0.2, 0.25) is 0 Å². The minimum atomic E-state index is 0.361. The Kier molecular flexibility index (Phi) is 8.07. The van der Waals surface area contributed by atoms with E-state index in [0.29, 0.717) is 11.3 Å². The number of rotatable bonds is 7. The van der Waals surface area contributed by atoms with Crippen molar-refractivity contribution in [3.63, 3.8) is 0 Å². The average molecular weight is 191 g/mol. The van der Waals surface area contributed by atoms with Crippen LogP contribution < -0.4 is 5.73 Å². The predicted molar refractivity (Wildman–Crippen MR) is 56.7 cm³/mol. The second-order valence-corrected chi connectivity index (χ2v) is 4.57. The van der Waals surface area contributed by atoms with Crippen LogP contribution in [0.3, 0.4) is 0 Å². The summed E-state index contributed by atoms with van der Waals surface area (Å²) in [5.41, 5.74) is 5.80. The lowest BCUT2D eigenvalue weighted by Crippen LogP contribution is -2.22. The molecule has 0 heterocycles. The summed E-state index contributed by atoms with van der Waals surface area (Å²) in [7, 11) is 1.75. The normalized spacial score (nSPS) is 16.0. The lowest BCUT2D eigenvalue weighted by Gasteiger charge is -2.13. The van der Waals surface area contributed by atoms with Gasteiger partial charge in [-0.15, -0.1) is 0 Å². The van der Waals surface area contributed by atoms with Gasteiger partial charge in [0, 0.05) is 30.8 Å². The van der Waals surface area contributed by atoms with Crippen molar-refractivity contribution in [1.29, 1.82) is 0 Å². The fourth-order valence-electron chi connectivity index (χ4n) is 0.773. The molecule has 0 rings (SSSR count). The second kappa shape index (κ2) is 7.90. The highest BCUT2D eigenvalue weighted by atomic mass is 32.2. The van der Waals surface area contributed by atoms with E-state index in [2.05, 4.69) is 13.8 Å². The molecular weight excluding hydrogens is 170 g/mol. The molecule has 3 heteroatoms. The van der Waals surface area contributed by atoms with Crippen LogP contribution in [-0.2, 0) is 4.74 Å². The van der Waals surface area contributed by atoms with E-state index in [1.807, 2.05) is 11.8 Å². The molecule has 12 heavy (non-hydrogen) atoms. The van der Waals surface area contributed by atoms with Crippen LogP contribution in [0.4, 0.5) is 0 Å². The van der Waals surface area contributed by atoms with Gasteiger partial charge in [0.05, 0.1) is 0 Å². The van der Waals surface area contributed by atoms with Crippen LogP contribution in [0.15, 0.2) is 0 Å². The largest absolute Gasteiger partial charge is 0.385 e. The van der Waals surface area contributed by atoms with Gasteiger partial charge in [0.2, 0.25) is 0 Å². The summed E-state index contributed by atoms with van der Waals surface area (Å²) in [6.07, 6.45) is 2.20. The van der Waals surface area contributed by atoms with Crippen molar-refractivity contribution in [2.24, 2.45) is 5.73 Å². The third-order valence-electron chi connectivity index (χ3n) is 1.85. The Labute approximate surface area is 80.2 Å². The van der Waals surface area contributed by atoms with Gasteiger partial charge in [-0.2, -0.15) is 11.8 Å². The minimum Gasteiger partial charge on any atom is -0.385 e. The van der Waals surface area contributed by atoms with E-state index in [0.717, 1.165) is 25.2 Å². The Morgan fingerprint density at radius 1 is 1.50 bits per heavy atom. The van der Waals surface area contributed by atoms with E-state index in [-0.39, 0.29) is 0 Å². The monoisotopic (exact) mass is 191 g/mol. The zero-order valence-corrected chi connectivity index (χ0v) is 9.19. The van der Waals surface area contributed by atoms with Crippen LogP contribution in [0.1, 0.15) is 26.7 Å². The molecule has 0 aromatic rings. The first kappa shape index (κ1) is 12.3. The van der Waals surface area contributed by atoms with Crippen molar-refractivity contribution in [2.45, 2.75) is 38.0 Å². The molecule has 0 radical (unpaired) electrons. The molecule has 0 bridgehead atoms. The topological polar surface area (TPSA) is 35.2 Å². The van der Waals surface area contributed by atoms with E-state index >= 15 is 0 Å². The third kappa shape index (κ3) is 6.95. The summed E-state index contributed by atoms with van der Waals surface area (Å²) >= 11 is 1.94. The van der Waals surface area contributed by atoms with Crippen LogP contribution in [-0.4, -0.2) is 30.8 Å². The maximum atomic E-state index is 5.80. The Morgan fingerprint density at radius 2 is 2.17 bits per heavy atom. The first-order chi connectivity index (χ1) is 5.70. The molecule has 0 aliphatic carbocycles. The summed E-state index contributed by atoms with van der Waals surface area (Å²) in [6, 6.07) is 0.361. The van der Waals surface area contributed by atoms with Gasteiger partial charge in [0.1, 0.15) is 0 Å². The van der Waals surface area contributed by atoms with E-state index in [4.69, 9.17) is 10.5 Å². The molecule has 0 aliphatic heterocycles. The number of nitrogens with two attached hydrogens (primary N) is 1. The maximum absolute atomic E-state index is 5.80. The Morgan fingerprint density at radius 3 is 2.67 bits per heavy atom. The molecular formula is C9H21NOS. The van der Waals surface area contributed by atoms with Crippen molar-refractivity contribution >= 4 is 11.8 Å². The third-order valence-corrected chi connectivity index (χ3v) is 3.27. The average Bonchev–Trinajstić information content (AvgIpc) is 2.10. The van der Waals surface area contributed by atoms with E-state index in [1.165, 1.54) is 0 Å². The lowest BCUT2D eigenvalue weighted by molar-refractivity contribution is 0.195. The van der Waals surface area contributed by atoms with E-state index < -0.39 is 0 Å². The molecule has 74 valence electrons. The Bertz CT molecular complexity index is 101. The number of hydrogen-bond donors (Lipinski definition) is 1. The molecule has 0 aromatic carbocycles. The zero-order chi connectivity index (χ0) is 9.40. The molecule has 2 nitrogen and oxygen atoms in total. The van der Waals surface area contributed by atoms with E-state index in [9.17, 15) is 0 Å². The van der Waals surface area contributed by atoms with Crippen LogP contribution >= 0.6 is 11.8 Å². The quantitative estimate of drug-likeness (QED) is 0.667. The first-order valence-electron chi connectivity index (χ1n) is 4.56. The van der Waals surface area contributed by atoms with E-state index in [1.54, 1.807) is 7.11 Å². The fourth-order valence-corrected chi connectivity index (χ4v) is 1.85. The number of methoxy groups -OCH3 is 1. The number of hydrogen-bond acceptors (Lipinski definition) is 3. The van der Waals surface area contributed by atoms with Crippen molar-refractivity contribution < 1.29 is 4.74 Å². The van der Waals surface area contributed by atoms with Gasteiger partial charge in [0.15, 0.2) is 0 Å². The van der Waals surface area contributed by atoms with Crippen LogP contribution in [0.5, 0.6) is 0 Å². The molecule has 2 unspecified atom stereocenters. The predicted octanol–water partition coefficient (Wildman–Crippen LogP) is 1.88. The van der Waals surface area contributed by atoms with Crippen LogP contribution in [0.25, 0.3) is 0 Å². The lowest BCUT2D eigenvalue weighted by atomic mass is 10.3. The number of thioether (sulfide) groups is 1. The molecule has 0 fully saturated rings. The highest BCUT2D eigenvalue weighted by molar-refractivity contribution is 7.99. The van der Waals surface area contributed by atoms with Crippen molar-refractivity contribution in [2.75, 3.05) is 19.5 Å². The summed E-state index contributed by atoms with van der Waals surface area (Å²) in [5.74, 6) is 1.07. The SMILES string of the molecule is CCC(N)CSC(C)CCOC. The Hall–Kier alpha value is 0.270. The van der Waals surface area contributed by atoms with Gasteiger partial charge in [-0.3, -0.25) is 0 Å². The van der Waals surface area contributed by atoms with Crippen molar-refractivity contribution in [1.82, 2.24) is 0 Å². The highest BCUT2D eigenvalue weighted by Gasteiger charge is 2.05. The summed E-state index contributed by atoms with van der Waals surface area (Å²) in [6.45, 7) is 5.21. The summed E-state index contributed by atoms with van der Waals surface area (Å²) < 4.78 is 5.00. The molecule has 0 aliphatic rings. The van der Waals surface area contributed by atoms with Crippen LogP contribution in [0, 0.1) is 0 Å². The van der Waals surface area contributed by atoms with Gasteiger partial charge < -0.3 is 10.5 Å². The molecule has 0 spiro atoms. The smallest absolute Gasteiger partial charge is 0.0472 e. The van der Waals surface area contributed by atoms with Gasteiger partial charge >= 0.3 is 0 Å². The van der Waals surface area contributed by atoms with Crippen molar-refractivity contribution in [3.05, 3.63) is 0 Å². The van der Waals surface area contributed by atoms with Gasteiger partial charge in [-0.1, -0.05) is 13.8 Å². The molecule has 0 saturated heterocycles. The van der Waals surface area contributed by atoms with Gasteiger partial charge in [-0.25, -0.2) is 0 Å². The second-order valence-electron chi connectivity index (χ2n) is 3.09. The minimum absolute atomic E-state index is 0.361. The first-order valence-corrected chi connectivity index (χ1v) is 5.61.